The standard InChI is InChI=1S/C38H48ClF3N6O6/c1-2-53-35(50)31-9-5-6-15-47(31)26-11-16-45(17-12-26)34(49)32(23-24-21-28(38(40,41)42)33(43)29(39)22-24)54-37(52)46-18-13-27(14-19-46)48-20-10-25-7-3-4-8-30(25)44-36(48)51/h3-4,7-8,21-22,26-27,31-32H,2,5-6,9-20,23,43H2,1H3,(H,44,51)/t31-,32+/m0/s1. The van der Waals surface area contributed by atoms with Gasteiger partial charge < -0.3 is 35.2 Å². The zero-order valence-corrected chi connectivity index (χ0v) is 31.2. The van der Waals surface area contributed by atoms with Gasteiger partial charge in [-0.05, 0) is 87.7 Å². The molecule has 4 aliphatic rings. The Morgan fingerprint density at radius 2 is 1.63 bits per heavy atom. The highest BCUT2D eigenvalue weighted by Gasteiger charge is 2.40. The van der Waals surface area contributed by atoms with E-state index in [0.717, 1.165) is 36.7 Å². The molecule has 0 saturated carbocycles. The number of carbonyl (C=O) groups is 4. The molecule has 0 spiro atoms. The van der Waals surface area contributed by atoms with Crippen LogP contribution in [0.2, 0.25) is 5.02 Å². The van der Waals surface area contributed by atoms with Crippen molar-refractivity contribution in [1.29, 1.82) is 0 Å². The van der Waals surface area contributed by atoms with Gasteiger partial charge in [-0.25, -0.2) is 9.59 Å². The van der Waals surface area contributed by atoms with Crippen LogP contribution in [0.4, 0.5) is 34.1 Å². The van der Waals surface area contributed by atoms with Crippen LogP contribution in [0.1, 0.15) is 68.6 Å². The van der Waals surface area contributed by atoms with Crippen LogP contribution in [-0.4, -0.2) is 114 Å². The van der Waals surface area contributed by atoms with E-state index >= 15 is 0 Å². The molecule has 2 aromatic rings. The summed E-state index contributed by atoms with van der Waals surface area (Å²) in [7, 11) is 0. The number of benzene rings is 2. The van der Waals surface area contributed by atoms with Crippen molar-refractivity contribution >= 4 is 47.0 Å². The van der Waals surface area contributed by atoms with Crippen molar-refractivity contribution in [2.75, 3.05) is 56.9 Å². The summed E-state index contributed by atoms with van der Waals surface area (Å²) in [5.41, 5.74) is 5.78. The predicted octanol–water partition coefficient (Wildman–Crippen LogP) is 5.95. The highest BCUT2D eigenvalue weighted by atomic mass is 35.5. The lowest BCUT2D eigenvalue weighted by Gasteiger charge is -2.44. The van der Waals surface area contributed by atoms with Crippen molar-refractivity contribution in [2.45, 2.75) is 95.1 Å². The van der Waals surface area contributed by atoms with Crippen molar-refractivity contribution in [3.05, 3.63) is 58.1 Å². The SMILES string of the molecule is CCOC(=O)[C@@H]1CCCCN1C1CCN(C(=O)[C@@H](Cc2cc(Cl)c(N)c(C(F)(F)F)c2)OC(=O)N2CCC(N3CCc4ccccc4NC3=O)CC2)CC1. The summed E-state index contributed by atoms with van der Waals surface area (Å²) in [6.07, 6.45) is -1.98. The Balaban J connectivity index is 1.13. The fourth-order valence-corrected chi connectivity index (χ4v) is 8.46. The molecule has 0 unspecified atom stereocenters. The van der Waals surface area contributed by atoms with Gasteiger partial charge in [-0.1, -0.05) is 36.2 Å². The molecule has 0 radical (unpaired) electrons. The van der Waals surface area contributed by atoms with E-state index in [0.29, 0.717) is 64.8 Å². The van der Waals surface area contributed by atoms with Gasteiger partial charge in [0.15, 0.2) is 6.10 Å². The number of hydrogen-bond acceptors (Lipinski definition) is 8. The Hall–Kier alpha value is -4.24. The van der Waals surface area contributed by atoms with E-state index in [1.165, 1.54) is 11.0 Å². The average molecular weight is 777 g/mol. The van der Waals surface area contributed by atoms with Crippen molar-refractivity contribution in [1.82, 2.24) is 19.6 Å². The number of nitrogens with one attached hydrogen (secondary N) is 1. The summed E-state index contributed by atoms with van der Waals surface area (Å²) in [6.45, 7) is 4.48. The molecule has 54 heavy (non-hydrogen) atoms. The largest absolute Gasteiger partial charge is 0.465 e. The third kappa shape index (κ3) is 8.99. The maximum atomic E-state index is 14.1. The number of ether oxygens (including phenoxy) is 2. The minimum atomic E-state index is -4.80. The monoisotopic (exact) mass is 776 g/mol. The second-order valence-corrected chi connectivity index (χ2v) is 14.8. The number of carbonyl (C=O) groups excluding carboxylic acids is 4. The Bertz CT molecular complexity index is 1700. The van der Waals surface area contributed by atoms with Crippen LogP contribution in [0.3, 0.4) is 0 Å². The molecule has 0 aliphatic carbocycles. The molecule has 12 nitrogen and oxygen atoms in total. The van der Waals surface area contributed by atoms with Crippen LogP contribution in [0.15, 0.2) is 36.4 Å². The van der Waals surface area contributed by atoms with Gasteiger partial charge in [0.25, 0.3) is 5.91 Å². The van der Waals surface area contributed by atoms with Gasteiger partial charge in [0, 0.05) is 56.9 Å². The summed E-state index contributed by atoms with van der Waals surface area (Å²) >= 11 is 6.13. The van der Waals surface area contributed by atoms with E-state index in [4.69, 9.17) is 26.8 Å². The lowest BCUT2D eigenvalue weighted by Crippen LogP contribution is -2.56. The van der Waals surface area contributed by atoms with E-state index in [2.05, 4.69) is 10.2 Å². The molecule has 4 amide bonds. The Morgan fingerprint density at radius 1 is 0.944 bits per heavy atom. The van der Waals surface area contributed by atoms with E-state index in [-0.39, 0.29) is 60.2 Å². The van der Waals surface area contributed by atoms with Crippen molar-refractivity contribution in [3.63, 3.8) is 0 Å². The number of hydrogen-bond donors (Lipinski definition) is 2. The van der Waals surface area contributed by atoms with Gasteiger partial charge in [-0.3, -0.25) is 14.5 Å². The third-order valence-corrected chi connectivity index (χ3v) is 11.4. The number of rotatable bonds is 8. The van der Waals surface area contributed by atoms with E-state index in [1.807, 2.05) is 24.3 Å². The zero-order valence-electron chi connectivity index (χ0n) is 30.4. The third-order valence-electron chi connectivity index (χ3n) is 11.1. The molecule has 3 fully saturated rings. The molecule has 4 aliphatic heterocycles. The highest BCUT2D eigenvalue weighted by molar-refractivity contribution is 6.33. The van der Waals surface area contributed by atoms with Crippen LogP contribution in [-0.2, 0) is 38.1 Å². The van der Waals surface area contributed by atoms with Crippen LogP contribution in [0.25, 0.3) is 0 Å². The molecule has 2 atom stereocenters. The van der Waals surface area contributed by atoms with Gasteiger partial charge in [0.1, 0.15) is 6.04 Å². The summed E-state index contributed by atoms with van der Waals surface area (Å²) in [4.78, 5) is 60.6. The maximum absolute atomic E-state index is 14.1. The first-order valence-corrected chi connectivity index (χ1v) is 19.2. The smallest absolute Gasteiger partial charge is 0.418 e. The number of alkyl halides is 3. The number of nitrogens with zero attached hydrogens (tertiary/aromatic N) is 4. The van der Waals surface area contributed by atoms with Crippen molar-refractivity contribution < 1.29 is 41.8 Å². The van der Waals surface area contributed by atoms with E-state index in [9.17, 15) is 32.3 Å². The highest BCUT2D eigenvalue weighted by Crippen LogP contribution is 2.38. The molecule has 3 saturated heterocycles. The van der Waals surface area contributed by atoms with E-state index < -0.39 is 35.5 Å². The van der Waals surface area contributed by atoms with Crippen LogP contribution < -0.4 is 11.1 Å². The number of urea groups is 1. The Morgan fingerprint density at radius 3 is 2.33 bits per heavy atom. The molecule has 4 heterocycles. The molecule has 0 bridgehead atoms. The van der Waals surface area contributed by atoms with E-state index in [1.54, 1.807) is 16.7 Å². The molecule has 16 heteroatoms. The number of nitrogens with two attached hydrogens (primary N) is 1. The fourth-order valence-electron chi connectivity index (χ4n) is 8.22. The first-order valence-electron chi connectivity index (χ1n) is 18.8. The van der Waals surface area contributed by atoms with Gasteiger partial charge >= 0.3 is 24.3 Å². The Kier molecular flexibility index (Phi) is 12.5. The van der Waals surface area contributed by atoms with Gasteiger partial charge in [0.2, 0.25) is 0 Å². The minimum Gasteiger partial charge on any atom is -0.465 e. The van der Waals surface area contributed by atoms with Crippen molar-refractivity contribution in [2.24, 2.45) is 0 Å². The van der Waals surface area contributed by atoms with Crippen molar-refractivity contribution in [3.8, 4) is 0 Å². The number of halogens is 4. The summed E-state index contributed by atoms with van der Waals surface area (Å²) < 4.78 is 52.8. The second-order valence-electron chi connectivity index (χ2n) is 14.4. The lowest BCUT2D eigenvalue weighted by atomic mass is 9.94. The van der Waals surface area contributed by atoms with Gasteiger partial charge in [0.05, 0.1) is 22.9 Å². The number of fused-ring (bicyclic) bond motifs is 1. The summed E-state index contributed by atoms with van der Waals surface area (Å²) in [5, 5.41) is 2.66. The quantitative estimate of drug-likeness (QED) is 0.248. The molecule has 0 aromatic heterocycles. The second kappa shape index (κ2) is 17.1. The number of anilines is 2. The number of piperidine rings is 3. The predicted molar refractivity (Wildman–Crippen MR) is 196 cm³/mol. The van der Waals surface area contributed by atoms with Crippen LogP contribution >= 0.6 is 11.6 Å². The molecule has 3 N–H and O–H groups in total. The molecular weight excluding hydrogens is 729 g/mol. The normalized spacial score (nSPS) is 21.2. The summed E-state index contributed by atoms with van der Waals surface area (Å²) in [5.74, 6) is -0.771. The number of amides is 4. The van der Waals surface area contributed by atoms with Crippen LogP contribution in [0.5, 0.6) is 0 Å². The minimum absolute atomic E-state index is 0.0387. The number of likely N-dealkylation sites (tertiary alicyclic amines) is 3. The first kappa shape index (κ1) is 39.5. The molecular formula is C38H48ClF3N6O6. The van der Waals surface area contributed by atoms with Gasteiger partial charge in [-0.2, -0.15) is 13.2 Å². The zero-order chi connectivity index (χ0) is 38.6. The summed E-state index contributed by atoms with van der Waals surface area (Å²) in [6, 6.07) is 9.12. The molecule has 294 valence electrons. The Labute approximate surface area is 318 Å². The maximum Gasteiger partial charge on any atom is 0.418 e. The van der Waals surface area contributed by atoms with Gasteiger partial charge in [-0.15, -0.1) is 0 Å². The molecule has 6 rings (SSSR count). The number of esters is 1. The number of para-hydroxylation sites is 1. The molecule has 2 aromatic carbocycles. The fraction of sp³-hybridized carbons (Fsp3) is 0.579. The number of nitrogen functional groups attached to an aromatic ring is 1. The topological polar surface area (TPSA) is 138 Å². The van der Waals surface area contributed by atoms with Crippen LogP contribution in [0, 0.1) is 0 Å². The first-order chi connectivity index (χ1) is 25.8. The lowest BCUT2D eigenvalue weighted by molar-refractivity contribution is -0.153. The average Bonchev–Trinajstić information content (AvgIpc) is 3.33.